The molecule has 9 heteroatoms. The number of benzene rings is 2. The highest BCUT2D eigenvalue weighted by atomic mass is 32.2. The number of hydrogen-bond acceptors (Lipinski definition) is 4. The highest BCUT2D eigenvalue weighted by Crippen LogP contribution is 2.19. The maximum absolute atomic E-state index is 12.3. The van der Waals surface area contributed by atoms with Crippen LogP contribution in [0.2, 0.25) is 0 Å². The lowest BCUT2D eigenvalue weighted by Crippen LogP contribution is -2.17. The van der Waals surface area contributed by atoms with Gasteiger partial charge in [-0.2, -0.15) is 8.78 Å². The minimum absolute atomic E-state index is 0.0174. The molecule has 26 heavy (non-hydrogen) atoms. The molecule has 0 atom stereocenters. The zero-order valence-corrected chi connectivity index (χ0v) is 14.7. The first-order chi connectivity index (χ1) is 12.3. The van der Waals surface area contributed by atoms with E-state index in [4.69, 9.17) is 0 Å². The van der Waals surface area contributed by atoms with Crippen LogP contribution >= 0.6 is 0 Å². The van der Waals surface area contributed by atoms with Crippen LogP contribution in [0.4, 0.5) is 20.2 Å². The third-order valence-electron chi connectivity index (χ3n) is 3.21. The van der Waals surface area contributed by atoms with Crippen molar-refractivity contribution in [2.24, 2.45) is 0 Å². The van der Waals surface area contributed by atoms with E-state index >= 15 is 0 Å². The minimum atomic E-state index is -3.46. The molecule has 0 aliphatic rings. The average molecular weight is 384 g/mol. The van der Waals surface area contributed by atoms with Crippen molar-refractivity contribution >= 4 is 27.3 Å². The summed E-state index contributed by atoms with van der Waals surface area (Å²) in [4.78, 5) is 12.3. The van der Waals surface area contributed by atoms with Gasteiger partial charge in [0.05, 0.1) is 5.75 Å². The van der Waals surface area contributed by atoms with Gasteiger partial charge in [-0.1, -0.05) is 13.0 Å². The summed E-state index contributed by atoms with van der Waals surface area (Å²) in [6.07, 6.45) is 0.473. The van der Waals surface area contributed by atoms with Crippen LogP contribution in [0.3, 0.4) is 0 Å². The van der Waals surface area contributed by atoms with Gasteiger partial charge in [-0.05, 0) is 48.9 Å². The fourth-order valence-corrected chi connectivity index (χ4v) is 3.27. The first-order valence-corrected chi connectivity index (χ1v) is 9.41. The molecule has 0 heterocycles. The van der Waals surface area contributed by atoms with Crippen molar-refractivity contribution in [3.8, 4) is 5.75 Å². The maximum Gasteiger partial charge on any atom is 0.387 e. The molecule has 2 aromatic rings. The number of alkyl halides is 2. The monoisotopic (exact) mass is 384 g/mol. The second-order valence-electron chi connectivity index (χ2n) is 5.36. The Morgan fingerprint density at radius 2 is 1.81 bits per heavy atom. The molecule has 0 unspecified atom stereocenters. The van der Waals surface area contributed by atoms with E-state index in [0.717, 1.165) is 0 Å². The number of amides is 1. The van der Waals surface area contributed by atoms with Crippen molar-refractivity contribution in [1.29, 1.82) is 0 Å². The molecular weight excluding hydrogens is 366 g/mol. The molecular formula is C17H18F2N2O4S. The van der Waals surface area contributed by atoms with Gasteiger partial charge in [0.15, 0.2) is 0 Å². The lowest BCUT2D eigenvalue weighted by molar-refractivity contribution is -0.0498. The lowest BCUT2D eigenvalue weighted by atomic mass is 10.2. The normalized spacial score (nSPS) is 11.2. The third-order valence-corrected chi connectivity index (χ3v) is 4.70. The van der Waals surface area contributed by atoms with Crippen LogP contribution in [0.1, 0.15) is 23.7 Å². The van der Waals surface area contributed by atoms with E-state index in [1.165, 1.54) is 36.4 Å². The number of anilines is 2. The predicted molar refractivity (Wildman–Crippen MR) is 95.2 cm³/mol. The number of carbonyl (C=O) groups is 1. The zero-order chi connectivity index (χ0) is 19.2. The van der Waals surface area contributed by atoms with Crippen LogP contribution < -0.4 is 14.8 Å². The van der Waals surface area contributed by atoms with Crippen LogP contribution in [0.15, 0.2) is 48.5 Å². The molecule has 0 aliphatic carbocycles. The Labute approximate surface area is 150 Å². The largest absolute Gasteiger partial charge is 0.435 e. The number of hydrogen-bond donors (Lipinski definition) is 2. The van der Waals surface area contributed by atoms with Crippen molar-refractivity contribution in [1.82, 2.24) is 0 Å². The van der Waals surface area contributed by atoms with Crippen LogP contribution in [0, 0.1) is 0 Å². The predicted octanol–water partition coefficient (Wildman–Crippen LogP) is 3.69. The third kappa shape index (κ3) is 5.99. The quantitative estimate of drug-likeness (QED) is 0.727. The average Bonchev–Trinajstić information content (AvgIpc) is 2.56. The van der Waals surface area contributed by atoms with Crippen molar-refractivity contribution < 1.29 is 26.7 Å². The molecule has 2 rings (SSSR count). The minimum Gasteiger partial charge on any atom is -0.435 e. The van der Waals surface area contributed by atoms with E-state index in [-0.39, 0.29) is 22.8 Å². The smallest absolute Gasteiger partial charge is 0.387 e. The van der Waals surface area contributed by atoms with E-state index in [0.29, 0.717) is 12.1 Å². The van der Waals surface area contributed by atoms with Gasteiger partial charge in [-0.25, -0.2) is 8.42 Å². The summed E-state index contributed by atoms with van der Waals surface area (Å²) in [5, 5.41) is 2.59. The number of rotatable bonds is 8. The number of sulfonamides is 1. The summed E-state index contributed by atoms with van der Waals surface area (Å²) in [5.41, 5.74) is 0.912. The summed E-state index contributed by atoms with van der Waals surface area (Å²) >= 11 is 0. The molecule has 0 bridgehead atoms. The van der Waals surface area contributed by atoms with E-state index in [9.17, 15) is 22.0 Å². The van der Waals surface area contributed by atoms with Crippen LogP contribution in [0.5, 0.6) is 5.75 Å². The second kappa shape index (κ2) is 8.61. The molecule has 6 nitrogen and oxygen atoms in total. The Bertz CT molecular complexity index is 855. The van der Waals surface area contributed by atoms with E-state index in [2.05, 4.69) is 14.8 Å². The van der Waals surface area contributed by atoms with Crippen molar-refractivity contribution in [3.63, 3.8) is 0 Å². The Hall–Kier alpha value is -2.68. The Balaban J connectivity index is 2.06. The zero-order valence-electron chi connectivity index (χ0n) is 13.9. The summed E-state index contributed by atoms with van der Waals surface area (Å²) in [6.45, 7) is -1.17. The maximum atomic E-state index is 12.3. The summed E-state index contributed by atoms with van der Waals surface area (Å²) in [7, 11) is -3.46. The second-order valence-corrected chi connectivity index (χ2v) is 7.20. The van der Waals surface area contributed by atoms with Crippen molar-refractivity contribution in [2.75, 3.05) is 15.8 Å². The van der Waals surface area contributed by atoms with E-state index in [1.807, 2.05) is 0 Å². The molecule has 0 saturated carbocycles. The molecule has 140 valence electrons. The van der Waals surface area contributed by atoms with Gasteiger partial charge in [0, 0.05) is 16.9 Å². The number of nitrogens with one attached hydrogen (secondary N) is 2. The fraction of sp³-hybridized carbons (Fsp3) is 0.235. The summed E-state index contributed by atoms with van der Waals surface area (Å²) in [6, 6.07) is 11.5. The van der Waals surface area contributed by atoms with Gasteiger partial charge in [0.25, 0.3) is 5.91 Å². The van der Waals surface area contributed by atoms with E-state index < -0.39 is 22.5 Å². The molecule has 2 N–H and O–H groups in total. The van der Waals surface area contributed by atoms with E-state index in [1.54, 1.807) is 19.1 Å². The first-order valence-electron chi connectivity index (χ1n) is 7.76. The first kappa shape index (κ1) is 19.6. The van der Waals surface area contributed by atoms with Crippen molar-refractivity contribution in [3.05, 3.63) is 54.1 Å². The highest BCUT2D eigenvalue weighted by Gasteiger charge is 2.12. The van der Waals surface area contributed by atoms with Crippen LogP contribution in [-0.4, -0.2) is 26.7 Å². The Kier molecular flexibility index (Phi) is 6.51. The summed E-state index contributed by atoms with van der Waals surface area (Å²) in [5.74, 6) is -0.509. The van der Waals surface area contributed by atoms with Crippen LogP contribution in [-0.2, 0) is 10.0 Å². The Morgan fingerprint density at radius 1 is 1.12 bits per heavy atom. The summed E-state index contributed by atoms with van der Waals surface area (Å²) < 4.78 is 54.5. The highest BCUT2D eigenvalue weighted by molar-refractivity contribution is 7.92. The molecule has 2 aromatic carbocycles. The molecule has 0 aliphatic heterocycles. The molecule has 0 aromatic heterocycles. The molecule has 0 saturated heterocycles. The molecule has 1 amide bonds. The topological polar surface area (TPSA) is 84.5 Å². The van der Waals surface area contributed by atoms with Gasteiger partial charge < -0.3 is 10.1 Å². The standard InChI is InChI=1S/C17H18F2N2O4S/c1-2-10-26(23,24)21-14-5-3-4-12(11-14)16(22)20-13-6-8-15(9-7-13)25-17(18)19/h3-9,11,17,21H,2,10H2,1H3,(H,20,22). The van der Waals surface area contributed by atoms with Crippen LogP contribution in [0.25, 0.3) is 0 Å². The van der Waals surface area contributed by atoms with Gasteiger partial charge in [-0.3, -0.25) is 9.52 Å². The van der Waals surface area contributed by atoms with Gasteiger partial charge in [0.2, 0.25) is 10.0 Å². The Morgan fingerprint density at radius 3 is 2.42 bits per heavy atom. The fourth-order valence-electron chi connectivity index (χ4n) is 2.15. The van der Waals surface area contributed by atoms with Crippen molar-refractivity contribution in [2.45, 2.75) is 20.0 Å². The lowest BCUT2D eigenvalue weighted by Gasteiger charge is -2.10. The van der Waals surface area contributed by atoms with Gasteiger partial charge in [0.1, 0.15) is 5.75 Å². The molecule has 0 spiro atoms. The number of halogens is 2. The molecule has 0 fully saturated rings. The number of ether oxygens (including phenoxy) is 1. The van der Waals surface area contributed by atoms with Gasteiger partial charge in [-0.15, -0.1) is 0 Å². The molecule has 0 radical (unpaired) electrons. The number of carbonyl (C=O) groups excluding carboxylic acids is 1. The van der Waals surface area contributed by atoms with Gasteiger partial charge >= 0.3 is 6.61 Å². The SMILES string of the molecule is CCCS(=O)(=O)Nc1cccc(C(=O)Nc2ccc(OC(F)F)cc2)c1.